The number of thiazole rings is 1. The van der Waals surface area contributed by atoms with Gasteiger partial charge in [-0.05, 0) is 27.7 Å². The molecule has 1 atom stereocenters. The van der Waals surface area contributed by atoms with Gasteiger partial charge in [-0.3, -0.25) is 0 Å². The molecule has 2 aromatic rings. The van der Waals surface area contributed by atoms with Crippen LogP contribution in [0.3, 0.4) is 0 Å². The Labute approximate surface area is 114 Å². The molecule has 0 saturated carbocycles. The van der Waals surface area contributed by atoms with E-state index in [1.54, 1.807) is 6.92 Å². The van der Waals surface area contributed by atoms with Crippen LogP contribution in [0.15, 0.2) is 4.52 Å². The molecule has 0 spiro atoms. The van der Waals surface area contributed by atoms with Crippen molar-refractivity contribution in [2.45, 2.75) is 33.7 Å². The van der Waals surface area contributed by atoms with Crippen molar-refractivity contribution < 1.29 is 14.4 Å². The molecule has 6 nitrogen and oxygen atoms in total. The number of nitrogens with zero attached hydrogens (tertiary/aromatic N) is 2. The van der Waals surface area contributed by atoms with Gasteiger partial charge in [0, 0.05) is 10.4 Å². The zero-order chi connectivity index (χ0) is 14.2. The predicted molar refractivity (Wildman–Crippen MR) is 71.8 cm³/mol. The number of nitrogens with one attached hydrogen (secondary N) is 1. The first-order chi connectivity index (χ1) is 8.90. The highest BCUT2D eigenvalue weighted by molar-refractivity contribution is 7.15. The number of carbonyl (C=O) groups is 1. The standard InChI is InChI=1S/C12H15N3O3S/c1-5(9-6(2)15-18-7(9)3)13-12-14-10(11(16)17)8(4)19-12/h5H,1-4H3,(H,13,14)(H,16,17). The van der Waals surface area contributed by atoms with Crippen molar-refractivity contribution in [1.29, 1.82) is 0 Å². The average Bonchev–Trinajstić information content (AvgIpc) is 2.82. The van der Waals surface area contributed by atoms with E-state index in [-0.39, 0.29) is 11.7 Å². The lowest BCUT2D eigenvalue weighted by Crippen LogP contribution is -2.08. The van der Waals surface area contributed by atoms with E-state index < -0.39 is 5.97 Å². The third-order valence-corrected chi connectivity index (χ3v) is 3.76. The molecule has 0 bridgehead atoms. The highest BCUT2D eigenvalue weighted by Crippen LogP contribution is 2.28. The van der Waals surface area contributed by atoms with E-state index in [0.717, 1.165) is 17.0 Å². The predicted octanol–water partition coefficient (Wildman–Crippen LogP) is 2.93. The van der Waals surface area contributed by atoms with E-state index in [1.165, 1.54) is 11.3 Å². The zero-order valence-electron chi connectivity index (χ0n) is 11.1. The van der Waals surface area contributed by atoms with Crippen molar-refractivity contribution >= 4 is 22.4 Å². The van der Waals surface area contributed by atoms with Gasteiger partial charge in [0.05, 0.1) is 11.7 Å². The summed E-state index contributed by atoms with van der Waals surface area (Å²) in [5.74, 6) is -0.254. The Morgan fingerprint density at radius 3 is 2.58 bits per heavy atom. The van der Waals surface area contributed by atoms with E-state index in [1.807, 2.05) is 20.8 Å². The molecule has 0 saturated heterocycles. The van der Waals surface area contributed by atoms with E-state index in [2.05, 4.69) is 15.5 Å². The maximum atomic E-state index is 10.9. The molecule has 19 heavy (non-hydrogen) atoms. The van der Waals surface area contributed by atoms with Crippen molar-refractivity contribution in [1.82, 2.24) is 10.1 Å². The van der Waals surface area contributed by atoms with Crippen molar-refractivity contribution in [3.63, 3.8) is 0 Å². The second kappa shape index (κ2) is 5.00. The lowest BCUT2D eigenvalue weighted by molar-refractivity contribution is 0.0690. The van der Waals surface area contributed by atoms with Crippen LogP contribution in [0.4, 0.5) is 5.13 Å². The van der Waals surface area contributed by atoms with E-state index in [9.17, 15) is 4.79 Å². The number of hydrogen-bond acceptors (Lipinski definition) is 6. The second-order valence-corrected chi connectivity index (χ2v) is 5.54. The van der Waals surface area contributed by atoms with Gasteiger partial charge in [0.1, 0.15) is 5.76 Å². The number of carboxylic acids is 1. The number of carboxylic acid groups (broad SMARTS) is 1. The van der Waals surface area contributed by atoms with Gasteiger partial charge in [-0.2, -0.15) is 0 Å². The van der Waals surface area contributed by atoms with Crippen molar-refractivity contribution in [2.75, 3.05) is 5.32 Å². The van der Waals surface area contributed by atoms with Gasteiger partial charge in [0.2, 0.25) is 0 Å². The quantitative estimate of drug-likeness (QED) is 0.895. The summed E-state index contributed by atoms with van der Waals surface area (Å²) in [6.45, 7) is 7.43. The SMILES string of the molecule is Cc1noc(C)c1C(C)Nc1nc(C(=O)O)c(C)s1. The Hall–Kier alpha value is -1.89. The average molecular weight is 281 g/mol. The summed E-state index contributed by atoms with van der Waals surface area (Å²) < 4.78 is 5.12. The van der Waals surface area contributed by atoms with Crippen molar-refractivity contribution in [3.05, 3.63) is 27.6 Å². The van der Waals surface area contributed by atoms with Crippen LogP contribution in [0, 0.1) is 20.8 Å². The fourth-order valence-electron chi connectivity index (χ4n) is 2.02. The molecule has 2 heterocycles. The summed E-state index contributed by atoms with van der Waals surface area (Å²) >= 11 is 1.33. The molecule has 2 N–H and O–H groups in total. The molecule has 0 aromatic carbocycles. The molecule has 0 fully saturated rings. The van der Waals surface area contributed by atoms with Gasteiger partial charge in [0.25, 0.3) is 0 Å². The molecule has 0 aliphatic heterocycles. The number of aromatic carboxylic acids is 1. The molecule has 0 aliphatic rings. The van der Waals surface area contributed by atoms with Gasteiger partial charge in [0.15, 0.2) is 10.8 Å². The third kappa shape index (κ3) is 2.60. The largest absolute Gasteiger partial charge is 0.476 e. The minimum Gasteiger partial charge on any atom is -0.476 e. The molecule has 0 radical (unpaired) electrons. The number of aromatic nitrogens is 2. The van der Waals surface area contributed by atoms with E-state index in [4.69, 9.17) is 9.63 Å². The van der Waals surface area contributed by atoms with Gasteiger partial charge < -0.3 is 14.9 Å². The highest BCUT2D eigenvalue weighted by Gasteiger charge is 2.19. The molecule has 0 aliphatic carbocycles. The van der Waals surface area contributed by atoms with Crippen LogP contribution in [0.5, 0.6) is 0 Å². The maximum absolute atomic E-state index is 10.9. The molecular formula is C12H15N3O3S. The van der Waals surface area contributed by atoms with Gasteiger partial charge in [-0.25, -0.2) is 9.78 Å². The summed E-state index contributed by atoms with van der Waals surface area (Å²) in [7, 11) is 0. The smallest absolute Gasteiger partial charge is 0.355 e. The minimum absolute atomic E-state index is 0.0431. The number of rotatable bonds is 4. The van der Waals surface area contributed by atoms with Gasteiger partial charge in [-0.1, -0.05) is 5.16 Å². The van der Waals surface area contributed by atoms with E-state index >= 15 is 0 Å². The van der Waals surface area contributed by atoms with Crippen LogP contribution >= 0.6 is 11.3 Å². The Morgan fingerprint density at radius 1 is 1.42 bits per heavy atom. The fourth-order valence-corrected chi connectivity index (χ4v) is 2.91. The molecule has 7 heteroatoms. The summed E-state index contributed by atoms with van der Waals surface area (Å²) in [5.41, 5.74) is 1.90. The topological polar surface area (TPSA) is 88.3 Å². The van der Waals surface area contributed by atoms with Crippen molar-refractivity contribution in [3.8, 4) is 0 Å². The van der Waals surface area contributed by atoms with Crippen LogP contribution in [-0.2, 0) is 0 Å². The normalized spacial score (nSPS) is 12.4. The lowest BCUT2D eigenvalue weighted by atomic mass is 10.1. The van der Waals surface area contributed by atoms with Crippen LogP contribution in [0.1, 0.15) is 45.3 Å². The van der Waals surface area contributed by atoms with Crippen LogP contribution in [0.2, 0.25) is 0 Å². The van der Waals surface area contributed by atoms with Gasteiger partial charge >= 0.3 is 5.97 Å². The Morgan fingerprint density at radius 2 is 2.11 bits per heavy atom. The van der Waals surface area contributed by atoms with Crippen LogP contribution in [-0.4, -0.2) is 21.2 Å². The first-order valence-electron chi connectivity index (χ1n) is 5.80. The molecule has 0 amide bonds. The monoisotopic (exact) mass is 281 g/mol. The van der Waals surface area contributed by atoms with Crippen LogP contribution < -0.4 is 5.32 Å². The molecular weight excluding hydrogens is 266 g/mol. The number of hydrogen-bond donors (Lipinski definition) is 2. The molecule has 1 unspecified atom stereocenters. The first-order valence-corrected chi connectivity index (χ1v) is 6.61. The summed E-state index contributed by atoms with van der Waals surface area (Å²) in [4.78, 5) is 15.7. The van der Waals surface area contributed by atoms with Crippen molar-refractivity contribution in [2.24, 2.45) is 0 Å². The first kappa shape index (κ1) is 13.5. The molecule has 2 aromatic heterocycles. The summed E-state index contributed by atoms with van der Waals surface area (Å²) in [6, 6.07) is -0.0431. The zero-order valence-corrected chi connectivity index (χ0v) is 12.0. The van der Waals surface area contributed by atoms with E-state index in [0.29, 0.717) is 10.0 Å². The molecule has 102 valence electrons. The maximum Gasteiger partial charge on any atom is 0.355 e. The van der Waals surface area contributed by atoms with Gasteiger partial charge in [-0.15, -0.1) is 11.3 Å². The Kier molecular flexibility index (Phi) is 3.57. The second-order valence-electron chi connectivity index (χ2n) is 4.33. The summed E-state index contributed by atoms with van der Waals surface area (Å²) in [5, 5.41) is 16.7. The molecule has 2 rings (SSSR count). The number of aryl methyl sites for hydroxylation is 3. The Balaban J connectivity index is 2.22. The van der Waals surface area contributed by atoms with Crippen LogP contribution in [0.25, 0.3) is 0 Å². The third-order valence-electron chi connectivity index (χ3n) is 2.86. The minimum atomic E-state index is -1.01. The lowest BCUT2D eigenvalue weighted by Gasteiger charge is -2.12. The fraction of sp³-hybridized carbons (Fsp3) is 0.417. The summed E-state index contributed by atoms with van der Waals surface area (Å²) in [6.07, 6.45) is 0. The number of anilines is 1. The highest BCUT2D eigenvalue weighted by atomic mass is 32.1. The Bertz CT molecular complexity index is 598.